The lowest BCUT2D eigenvalue weighted by Gasteiger charge is -2.24. The Hall–Kier alpha value is -3.93. The molecule has 3 aromatic heterocycles. The Balaban J connectivity index is 1.61. The Kier molecular flexibility index (Phi) is 4.94. The lowest BCUT2D eigenvalue weighted by Crippen LogP contribution is -2.24. The number of benzene rings is 3. The summed E-state index contributed by atoms with van der Waals surface area (Å²) in [6.07, 6.45) is 8.55. The van der Waals surface area contributed by atoms with Gasteiger partial charge < -0.3 is 0 Å². The molecule has 0 saturated heterocycles. The third-order valence-electron chi connectivity index (χ3n) is 6.89. The van der Waals surface area contributed by atoms with Crippen LogP contribution in [-0.2, 0) is 19.3 Å². The van der Waals surface area contributed by atoms with Gasteiger partial charge in [-0.3, -0.25) is 13.7 Å². The zero-order valence-corrected chi connectivity index (χ0v) is 19.8. The van der Waals surface area contributed by atoms with Crippen LogP contribution < -0.4 is 0 Å². The van der Waals surface area contributed by atoms with E-state index >= 15 is 0 Å². The van der Waals surface area contributed by atoms with E-state index in [0.717, 1.165) is 52.4 Å². The molecule has 0 amide bonds. The molecule has 3 aromatic carbocycles. The summed E-state index contributed by atoms with van der Waals surface area (Å²) in [6, 6.07) is 19.7. The lowest BCUT2D eigenvalue weighted by atomic mass is 10.1. The molecule has 0 fully saturated rings. The fraction of sp³-hybridized carbons (Fsp3) is 0.250. The molecule has 0 aliphatic carbocycles. The van der Waals surface area contributed by atoms with E-state index in [4.69, 9.17) is 15.0 Å². The number of rotatable bonds is 6. The van der Waals surface area contributed by atoms with Crippen LogP contribution in [0.4, 0.5) is 0 Å². The highest BCUT2D eigenvalue weighted by Gasteiger charge is 2.22. The van der Waals surface area contributed by atoms with Crippen molar-refractivity contribution in [3.05, 3.63) is 90.3 Å². The lowest BCUT2D eigenvalue weighted by molar-refractivity contribution is 0.394. The van der Waals surface area contributed by atoms with Crippen molar-refractivity contribution in [2.24, 2.45) is 0 Å². The molecule has 0 saturated carbocycles. The van der Waals surface area contributed by atoms with Crippen LogP contribution in [0.2, 0.25) is 0 Å². The van der Waals surface area contributed by atoms with Gasteiger partial charge >= 0.3 is 0 Å². The van der Waals surface area contributed by atoms with Crippen LogP contribution in [0, 0.1) is 0 Å². The maximum atomic E-state index is 4.78. The molecule has 0 aliphatic heterocycles. The molecule has 0 radical (unpaired) electrons. The zero-order valence-electron chi connectivity index (χ0n) is 19.8. The van der Waals surface area contributed by atoms with Crippen molar-refractivity contribution >= 4 is 33.1 Å². The highest BCUT2D eigenvalue weighted by molar-refractivity contribution is 5.80. The largest absolute Gasteiger partial charge is 0.291 e. The predicted molar refractivity (Wildman–Crippen MR) is 137 cm³/mol. The molecule has 6 heteroatoms. The van der Waals surface area contributed by atoms with Gasteiger partial charge in [-0.15, -0.1) is 0 Å². The first-order chi connectivity index (χ1) is 16.7. The highest BCUT2D eigenvalue weighted by Crippen LogP contribution is 2.29. The second-order valence-electron chi connectivity index (χ2n) is 8.83. The van der Waals surface area contributed by atoms with Crippen LogP contribution in [0.5, 0.6) is 0 Å². The Labute approximate surface area is 198 Å². The van der Waals surface area contributed by atoms with Gasteiger partial charge in [-0.05, 0) is 72.4 Å². The van der Waals surface area contributed by atoms with Gasteiger partial charge in [-0.1, -0.05) is 39.0 Å². The van der Waals surface area contributed by atoms with Gasteiger partial charge in [0.05, 0.1) is 52.1 Å². The van der Waals surface area contributed by atoms with E-state index < -0.39 is 0 Å². The topological polar surface area (TPSA) is 53.5 Å². The monoisotopic (exact) mass is 448 g/mol. The van der Waals surface area contributed by atoms with E-state index in [1.54, 1.807) is 0 Å². The van der Waals surface area contributed by atoms with E-state index in [1.165, 1.54) is 16.7 Å². The van der Waals surface area contributed by atoms with Gasteiger partial charge in [-0.2, -0.15) is 0 Å². The summed E-state index contributed by atoms with van der Waals surface area (Å²) in [5.74, 6) is 0. The Morgan fingerprint density at radius 1 is 0.529 bits per heavy atom. The van der Waals surface area contributed by atoms with Crippen molar-refractivity contribution in [3.63, 3.8) is 0 Å². The summed E-state index contributed by atoms with van der Waals surface area (Å²) in [6.45, 7) is 6.52. The fourth-order valence-corrected chi connectivity index (χ4v) is 4.85. The van der Waals surface area contributed by atoms with Crippen LogP contribution in [0.15, 0.2) is 73.6 Å². The number of fused-ring (bicyclic) bond motifs is 3. The first kappa shape index (κ1) is 20.7. The summed E-state index contributed by atoms with van der Waals surface area (Å²) < 4.78 is 6.66. The second kappa shape index (κ2) is 8.13. The summed E-state index contributed by atoms with van der Waals surface area (Å²) in [7, 11) is 0. The third kappa shape index (κ3) is 3.21. The van der Waals surface area contributed by atoms with Crippen LogP contribution in [0.3, 0.4) is 0 Å². The highest BCUT2D eigenvalue weighted by atomic mass is 15.4. The first-order valence-corrected chi connectivity index (χ1v) is 12.1. The quantitative estimate of drug-likeness (QED) is 0.315. The molecule has 6 rings (SSSR count). The minimum atomic E-state index is -0.229. The number of nitrogens with zero attached hydrogens (tertiary/aromatic N) is 6. The van der Waals surface area contributed by atoms with Crippen LogP contribution in [-0.4, -0.2) is 28.7 Å². The second-order valence-corrected chi connectivity index (χ2v) is 8.83. The van der Waals surface area contributed by atoms with Gasteiger partial charge in [0.25, 0.3) is 0 Å². The average Bonchev–Trinajstić information content (AvgIpc) is 3.61. The number of imidazole rings is 3. The average molecular weight is 449 g/mol. The zero-order chi connectivity index (χ0) is 23.2. The molecule has 0 N–H and O–H groups in total. The smallest absolute Gasteiger partial charge is 0.196 e. The van der Waals surface area contributed by atoms with Gasteiger partial charge in [0.15, 0.2) is 6.29 Å². The van der Waals surface area contributed by atoms with Crippen molar-refractivity contribution in [2.75, 3.05) is 0 Å². The maximum absolute atomic E-state index is 4.78. The van der Waals surface area contributed by atoms with E-state index in [2.05, 4.69) is 89.1 Å². The summed E-state index contributed by atoms with van der Waals surface area (Å²) in [5, 5.41) is 0. The number of aromatic nitrogens is 6. The third-order valence-corrected chi connectivity index (χ3v) is 6.89. The Morgan fingerprint density at radius 3 is 1.15 bits per heavy atom. The van der Waals surface area contributed by atoms with Crippen molar-refractivity contribution in [1.82, 2.24) is 28.7 Å². The number of aryl methyl sites for hydroxylation is 3. The molecule has 0 atom stereocenters. The molecular formula is C28H28N6. The number of hydrogen-bond donors (Lipinski definition) is 0. The van der Waals surface area contributed by atoms with Crippen molar-refractivity contribution < 1.29 is 0 Å². The van der Waals surface area contributed by atoms with Gasteiger partial charge in [-0.25, -0.2) is 15.0 Å². The molecular weight excluding hydrogens is 420 g/mol. The van der Waals surface area contributed by atoms with Crippen LogP contribution >= 0.6 is 0 Å². The van der Waals surface area contributed by atoms with Crippen molar-refractivity contribution in [1.29, 1.82) is 0 Å². The van der Waals surface area contributed by atoms with E-state index in [-0.39, 0.29) is 6.29 Å². The summed E-state index contributed by atoms with van der Waals surface area (Å²) in [5.41, 5.74) is 10.1. The SMILES string of the molecule is CCc1ccc2c(c1)ncn2C(n1cnc2cc(CC)ccc21)n1cnc2cc(CC)ccc21. The Morgan fingerprint density at radius 2 is 0.853 bits per heavy atom. The number of hydrogen-bond acceptors (Lipinski definition) is 3. The molecule has 34 heavy (non-hydrogen) atoms. The van der Waals surface area contributed by atoms with Crippen molar-refractivity contribution in [3.8, 4) is 0 Å². The van der Waals surface area contributed by atoms with Crippen molar-refractivity contribution in [2.45, 2.75) is 46.3 Å². The standard InChI is InChI=1S/C28H28N6/c1-4-19-7-10-25-22(13-19)29-16-32(25)28(33-17-30-23-14-20(5-2)8-11-26(23)33)34-18-31-24-15-21(6-3)9-12-27(24)34/h7-18,28H,4-6H2,1-3H3. The molecule has 0 unspecified atom stereocenters. The van der Waals surface area contributed by atoms with Gasteiger partial charge in [0.2, 0.25) is 0 Å². The molecule has 0 aliphatic rings. The minimum Gasteiger partial charge on any atom is -0.291 e. The molecule has 6 nitrogen and oxygen atoms in total. The first-order valence-electron chi connectivity index (χ1n) is 12.1. The molecule has 6 aromatic rings. The normalized spacial score (nSPS) is 12.0. The molecule has 3 heterocycles. The fourth-order valence-electron chi connectivity index (χ4n) is 4.85. The van der Waals surface area contributed by atoms with Crippen LogP contribution in [0.25, 0.3) is 33.1 Å². The predicted octanol–water partition coefficient (Wildman–Crippen LogP) is 5.98. The molecule has 0 spiro atoms. The van der Waals surface area contributed by atoms with E-state index in [1.807, 2.05) is 19.0 Å². The summed E-state index contributed by atoms with van der Waals surface area (Å²) in [4.78, 5) is 14.3. The van der Waals surface area contributed by atoms with E-state index in [0.29, 0.717) is 0 Å². The Bertz CT molecular complexity index is 1440. The van der Waals surface area contributed by atoms with Gasteiger partial charge in [0, 0.05) is 0 Å². The maximum Gasteiger partial charge on any atom is 0.196 e. The van der Waals surface area contributed by atoms with Gasteiger partial charge in [0.1, 0.15) is 0 Å². The van der Waals surface area contributed by atoms with E-state index in [9.17, 15) is 0 Å². The van der Waals surface area contributed by atoms with Crippen LogP contribution in [0.1, 0.15) is 43.8 Å². The molecule has 0 bridgehead atoms. The minimum absolute atomic E-state index is 0.229. The molecule has 170 valence electrons. The summed E-state index contributed by atoms with van der Waals surface area (Å²) >= 11 is 0.